The normalized spacial score (nSPS) is 10.5. The van der Waals surface area contributed by atoms with Crippen molar-refractivity contribution in [3.8, 4) is 5.75 Å². The van der Waals surface area contributed by atoms with Crippen LogP contribution in [0.4, 0.5) is 9.93 Å². The first-order chi connectivity index (χ1) is 13.6. The van der Waals surface area contributed by atoms with Crippen LogP contribution in [0, 0.1) is 0 Å². The highest BCUT2D eigenvalue weighted by molar-refractivity contribution is 7.22. The summed E-state index contributed by atoms with van der Waals surface area (Å²) in [6, 6.07) is 12.5. The van der Waals surface area contributed by atoms with Crippen LogP contribution in [0.15, 0.2) is 42.5 Å². The molecule has 1 heterocycles. The van der Waals surface area contributed by atoms with Crippen molar-refractivity contribution < 1.29 is 19.1 Å². The van der Waals surface area contributed by atoms with E-state index in [1.165, 1.54) is 11.3 Å². The summed E-state index contributed by atoms with van der Waals surface area (Å²) in [7, 11) is 1.63. The molecule has 28 heavy (non-hydrogen) atoms. The summed E-state index contributed by atoms with van der Waals surface area (Å²) in [5.41, 5.74) is 2.28. The van der Waals surface area contributed by atoms with Crippen LogP contribution >= 0.6 is 11.3 Å². The number of nitrogens with one attached hydrogen (secondary N) is 2. The van der Waals surface area contributed by atoms with Crippen molar-refractivity contribution in [3.05, 3.63) is 53.6 Å². The van der Waals surface area contributed by atoms with Gasteiger partial charge in [-0.2, -0.15) is 0 Å². The number of rotatable bonds is 7. The molecule has 2 amide bonds. The fraction of sp³-hybridized carbons (Fsp3) is 0.250. The third-order valence-electron chi connectivity index (χ3n) is 3.98. The van der Waals surface area contributed by atoms with Gasteiger partial charge in [0.05, 0.1) is 29.5 Å². The molecule has 0 radical (unpaired) electrons. The zero-order valence-electron chi connectivity index (χ0n) is 15.7. The predicted octanol–water partition coefficient (Wildman–Crippen LogP) is 3.85. The molecule has 0 aliphatic carbocycles. The van der Waals surface area contributed by atoms with Gasteiger partial charge in [0.15, 0.2) is 5.13 Å². The van der Waals surface area contributed by atoms with Crippen molar-refractivity contribution in [1.29, 1.82) is 0 Å². The molecule has 0 aliphatic rings. The standard InChI is InChI=1S/C20H21N3O4S/c1-3-27-18(24)14-6-9-16-17(12-14)28-20(22-16)23-19(25)21-11-10-13-4-7-15(26-2)8-5-13/h4-9,12H,3,10-11H2,1-2H3,(H2,21,22,23,25). The lowest BCUT2D eigenvalue weighted by Gasteiger charge is -2.06. The van der Waals surface area contributed by atoms with E-state index < -0.39 is 0 Å². The number of thiazole rings is 1. The van der Waals surface area contributed by atoms with E-state index >= 15 is 0 Å². The fourth-order valence-electron chi connectivity index (χ4n) is 2.57. The summed E-state index contributed by atoms with van der Waals surface area (Å²) in [6.45, 7) is 2.58. The van der Waals surface area contributed by atoms with Crippen LogP contribution in [0.2, 0.25) is 0 Å². The quantitative estimate of drug-likeness (QED) is 0.589. The third kappa shape index (κ3) is 4.98. The average molecular weight is 399 g/mol. The van der Waals surface area contributed by atoms with Gasteiger partial charge in [0.25, 0.3) is 0 Å². The maximum Gasteiger partial charge on any atom is 0.338 e. The molecule has 2 aromatic carbocycles. The van der Waals surface area contributed by atoms with E-state index in [1.807, 2.05) is 24.3 Å². The molecular weight excluding hydrogens is 378 g/mol. The molecule has 0 saturated heterocycles. The van der Waals surface area contributed by atoms with E-state index in [0.717, 1.165) is 16.0 Å². The highest BCUT2D eigenvalue weighted by Crippen LogP contribution is 2.27. The van der Waals surface area contributed by atoms with Crippen LogP contribution in [0.25, 0.3) is 10.2 Å². The Morgan fingerprint density at radius 2 is 1.93 bits per heavy atom. The average Bonchev–Trinajstić information content (AvgIpc) is 3.10. The minimum absolute atomic E-state index is 0.321. The van der Waals surface area contributed by atoms with Crippen molar-refractivity contribution in [3.63, 3.8) is 0 Å². The van der Waals surface area contributed by atoms with Crippen molar-refractivity contribution in [2.45, 2.75) is 13.3 Å². The summed E-state index contributed by atoms with van der Waals surface area (Å²) >= 11 is 1.30. The van der Waals surface area contributed by atoms with E-state index in [0.29, 0.717) is 35.8 Å². The number of benzene rings is 2. The van der Waals surface area contributed by atoms with Crippen LogP contribution in [0.3, 0.4) is 0 Å². The van der Waals surface area contributed by atoms with Crippen LogP contribution < -0.4 is 15.4 Å². The molecule has 1 aromatic heterocycles. The topological polar surface area (TPSA) is 89.5 Å². The minimum Gasteiger partial charge on any atom is -0.497 e. The van der Waals surface area contributed by atoms with E-state index in [4.69, 9.17) is 9.47 Å². The van der Waals surface area contributed by atoms with Gasteiger partial charge in [0, 0.05) is 6.54 Å². The highest BCUT2D eigenvalue weighted by atomic mass is 32.1. The molecule has 0 atom stereocenters. The molecule has 146 valence electrons. The number of esters is 1. The van der Waals surface area contributed by atoms with Gasteiger partial charge in [0.1, 0.15) is 5.75 Å². The fourth-order valence-corrected chi connectivity index (χ4v) is 3.47. The van der Waals surface area contributed by atoms with Crippen LogP contribution in [0.5, 0.6) is 5.75 Å². The lowest BCUT2D eigenvalue weighted by molar-refractivity contribution is 0.0526. The molecule has 3 aromatic rings. The Morgan fingerprint density at radius 3 is 2.64 bits per heavy atom. The predicted molar refractivity (Wildman–Crippen MR) is 109 cm³/mol. The van der Waals surface area contributed by atoms with Gasteiger partial charge in [-0.25, -0.2) is 14.6 Å². The van der Waals surface area contributed by atoms with Crippen LogP contribution in [0.1, 0.15) is 22.8 Å². The number of carbonyl (C=O) groups excluding carboxylic acids is 2. The summed E-state index contributed by atoms with van der Waals surface area (Å²) in [5.74, 6) is 0.431. The number of hydrogen-bond donors (Lipinski definition) is 2. The maximum absolute atomic E-state index is 12.1. The number of carbonyl (C=O) groups is 2. The second-order valence-corrected chi connectivity index (χ2v) is 6.93. The molecule has 0 spiro atoms. The Morgan fingerprint density at radius 1 is 1.14 bits per heavy atom. The second kappa shape index (κ2) is 9.18. The van der Waals surface area contributed by atoms with E-state index in [9.17, 15) is 9.59 Å². The number of hydrogen-bond acceptors (Lipinski definition) is 6. The number of anilines is 1. The van der Waals surface area contributed by atoms with E-state index in [1.54, 1.807) is 32.2 Å². The number of aromatic nitrogens is 1. The first kappa shape index (κ1) is 19.6. The molecule has 7 nitrogen and oxygen atoms in total. The Hall–Kier alpha value is -3.13. The number of nitrogens with zero attached hydrogens (tertiary/aromatic N) is 1. The monoisotopic (exact) mass is 399 g/mol. The van der Waals surface area contributed by atoms with Crippen molar-refractivity contribution >= 4 is 38.7 Å². The number of ether oxygens (including phenoxy) is 2. The molecule has 2 N–H and O–H groups in total. The van der Waals surface area contributed by atoms with Crippen LogP contribution in [-0.4, -0.2) is 37.2 Å². The van der Waals surface area contributed by atoms with E-state index in [-0.39, 0.29) is 12.0 Å². The summed E-state index contributed by atoms with van der Waals surface area (Å²) in [4.78, 5) is 28.3. The van der Waals surface area contributed by atoms with Gasteiger partial charge in [-0.3, -0.25) is 5.32 Å². The van der Waals surface area contributed by atoms with Gasteiger partial charge in [-0.15, -0.1) is 0 Å². The second-order valence-electron chi connectivity index (χ2n) is 5.90. The van der Waals surface area contributed by atoms with Crippen molar-refractivity contribution in [2.75, 3.05) is 25.6 Å². The molecule has 0 bridgehead atoms. The molecule has 0 saturated carbocycles. The Labute approximate surface area is 166 Å². The maximum atomic E-state index is 12.1. The van der Waals surface area contributed by atoms with E-state index in [2.05, 4.69) is 15.6 Å². The molecule has 8 heteroatoms. The minimum atomic E-state index is -0.372. The van der Waals surface area contributed by atoms with Gasteiger partial charge >= 0.3 is 12.0 Å². The third-order valence-corrected chi connectivity index (χ3v) is 4.91. The Kier molecular flexibility index (Phi) is 6.44. The zero-order valence-corrected chi connectivity index (χ0v) is 16.5. The number of fused-ring (bicyclic) bond motifs is 1. The largest absolute Gasteiger partial charge is 0.497 e. The molecule has 0 unspecified atom stereocenters. The molecule has 3 rings (SSSR count). The lowest BCUT2D eigenvalue weighted by Crippen LogP contribution is -2.30. The highest BCUT2D eigenvalue weighted by Gasteiger charge is 2.11. The smallest absolute Gasteiger partial charge is 0.338 e. The van der Waals surface area contributed by atoms with Crippen molar-refractivity contribution in [2.24, 2.45) is 0 Å². The Balaban J connectivity index is 1.54. The molecular formula is C20H21N3O4S. The molecule has 0 aliphatic heterocycles. The first-order valence-electron chi connectivity index (χ1n) is 8.84. The Bertz CT molecular complexity index is 969. The molecule has 0 fully saturated rings. The summed E-state index contributed by atoms with van der Waals surface area (Å²) < 4.78 is 10.9. The van der Waals surface area contributed by atoms with Gasteiger partial charge in [-0.1, -0.05) is 23.5 Å². The lowest BCUT2D eigenvalue weighted by atomic mass is 10.1. The van der Waals surface area contributed by atoms with Crippen molar-refractivity contribution in [1.82, 2.24) is 10.3 Å². The number of amides is 2. The number of urea groups is 1. The summed E-state index contributed by atoms with van der Waals surface area (Å²) in [6.07, 6.45) is 0.708. The first-order valence-corrected chi connectivity index (χ1v) is 9.66. The zero-order chi connectivity index (χ0) is 19.9. The SMILES string of the molecule is CCOC(=O)c1ccc2nc(NC(=O)NCCc3ccc(OC)cc3)sc2c1. The van der Waals surface area contributed by atoms with Gasteiger partial charge in [0.2, 0.25) is 0 Å². The number of methoxy groups -OCH3 is 1. The van der Waals surface area contributed by atoms with Gasteiger partial charge < -0.3 is 14.8 Å². The van der Waals surface area contributed by atoms with Gasteiger partial charge in [-0.05, 0) is 49.2 Å². The summed E-state index contributed by atoms with van der Waals surface area (Å²) in [5, 5.41) is 6.01. The van der Waals surface area contributed by atoms with Crippen LogP contribution in [-0.2, 0) is 11.2 Å².